The first-order valence-electron chi connectivity index (χ1n) is 5.43. The van der Waals surface area contributed by atoms with E-state index in [1.165, 1.54) is 0 Å². The molecule has 0 aliphatic rings. The Balaban J connectivity index is 2.47. The highest BCUT2D eigenvalue weighted by Gasteiger charge is 2.24. The van der Waals surface area contributed by atoms with Crippen molar-refractivity contribution in [3.63, 3.8) is 0 Å². The second-order valence-corrected chi connectivity index (χ2v) is 6.14. The molecule has 0 saturated heterocycles. The molecule has 0 saturated carbocycles. The van der Waals surface area contributed by atoms with Crippen LogP contribution in [-0.4, -0.2) is 9.79 Å². The summed E-state index contributed by atoms with van der Waals surface area (Å²) >= 11 is 17.9. The summed E-state index contributed by atoms with van der Waals surface area (Å²) in [6.07, 6.45) is 0. The van der Waals surface area contributed by atoms with Gasteiger partial charge in [-0.05, 0) is 12.1 Å². The van der Waals surface area contributed by atoms with Crippen LogP contribution in [0, 0.1) is 0 Å². The number of ether oxygens (including phenoxy) is 1. The zero-order valence-corrected chi connectivity index (χ0v) is 13.3. The van der Waals surface area contributed by atoms with Crippen LogP contribution in [0.2, 0.25) is 15.1 Å². The van der Waals surface area contributed by atoms with Crippen molar-refractivity contribution in [3.8, 4) is 17.2 Å². The minimum atomic E-state index is -4.79. The van der Waals surface area contributed by atoms with Crippen molar-refractivity contribution in [2.24, 2.45) is 0 Å². The predicted octanol–water partition coefficient (Wildman–Crippen LogP) is 4.91. The average Bonchev–Trinajstić information content (AvgIpc) is 2.40. The third kappa shape index (κ3) is 4.27. The van der Waals surface area contributed by atoms with Crippen molar-refractivity contribution in [3.05, 3.63) is 51.5 Å². The van der Waals surface area contributed by atoms with Crippen LogP contribution in [0.1, 0.15) is 0 Å². The van der Waals surface area contributed by atoms with Gasteiger partial charge < -0.3 is 9.26 Å². The minimum Gasteiger partial charge on any atom is -0.454 e. The minimum absolute atomic E-state index is 0.00332. The number of halogens is 3. The molecule has 0 fully saturated rings. The molecule has 0 aliphatic heterocycles. The van der Waals surface area contributed by atoms with Crippen LogP contribution in [0.15, 0.2) is 36.4 Å². The molecule has 2 N–H and O–H groups in total. The lowest BCUT2D eigenvalue weighted by Gasteiger charge is -2.15. The van der Waals surface area contributed by atoms with E-state index in [0.717, 1.165) is 6.07 Å². The van der Waals surface area contributed by atoms with Crippen LogP contribution in [-0.2, 0) is 4.57 Å². The lowest BCUT2D eigenvalue weighted by molar-refractivity contribution is 0.283. The molecular formula is C12H8Cl3O5P. The molecule has 9 heteroatoms. The highest BCUT2D eigenvalue weighted by Crippen LogP contribution is 2.50. The van der Waals surface area contributed by atoms with Crippen LogP contribution >= 0.6 is 42.6 Å². The standard InChI is InChI=1S/C12H8Cl3O5P/c13-8-6-9(20-21(16,17)18)11(15)12(10(8)14)19-7-4-2-1-3-5-7/h1-6H,(H2,16,17,18). The number of benzene rings is 2. The van der Waals surface area contributed by atoms with E-state index in [2.05, 4.69) is 4.52 Å². The SMILES string of the molecule is O=P(O)(O)Oc1cc(Cl)c(Cl)c(Oc2ccccc2)c1Cl. The van der Waals surface area contributed by atoms with E-state index in [1.807, 2.05) is 0 Å². The van der Waals surface area contributed by atoms with E-state index in [-0.39, 0.29) is 26.6 Å². The normalized spacial score (nSPS) is 11.3. The van der Waals surface area contributed by atoms with Crippen molar-refractivity contribution < 1.29 is 23.6 Å². The van der Waals surface area contributed by atoms with Gasteiger partial charge in [-0.3, -0.25) is 9.79 Å². The first kappa shape index (κ1) is 16.4. The van der Waals surface area contributed by atoms with Crippen LogP contribution in [0.3, 0.4) is 0 Å². The molecule has 2 aromatic carbocycles. The summed E-state index contributed by atoms with van der Waals surface area (Å²) in [4.78, 5) is 17.7. The average molecular weight is 370 g/mol. The van der Waals surface area contributed by atoms with E-state index in [1.54, 1.807) is 30.3 Å². The predicted molar refractivity (Wildman–Crippen MR) is 80.7 cm³/mol. The molecule has 21 heavy (non-hydrogen) atoms. The summed E-state index contributed by atoms with van der Waals surface area (Å²) in [5.74, 6) is 0.0384. The topological polar surface area (TPSA) is 76.0 Å². The van der Waals surface area contributed by atoms with E-state index in [4.69, 9.17) is 49.3 Å². The van der Waals surface area contributed by atoms with Gasteiger partial charge >= 0.3 is 7.82 Å². The Bertz CT molecular complexity index is 702. The van der Waals surface area contributed by atoms with Crippen LogP contribution in [0.4, 0.5) is 0 Å². The number of hydrogen-bond acceptors (Lipinski definition) is 3. The van der Waals surface area contributed by atoms with Crippen molar-refractivity contribution >= 4 is 42.6 Å². The number of rotatable bonds is 4. The van der Waals surface area contributed by atoms with Gasteiger partial charge in [0.05, 0.1) is 5.02 Å². The van der Waals surface area contributed by atoms with E-state index in [9.17, 15) is 4.57 Å². The maximum Gasteiger partial charge on any atom is 0.524 e. The van der Waals surface area contributed by atoms with Crippen molar-refractivity contribution in [2.75, 3.05) is 0 Å². The van der Waals surface area contributed by atoms with Crippen LogP contribution < -0.4 is 9.26 Å². The molecule has 0 radical (unpaired) electrons. The molecule has 0 atom stereocenters. The third-order valence-electron chi connectivity index (χ3n) is 2.26. The van der Waals surface area contributed by atoms with Crippen molar-refractivity contribution in [1.82, 2.24) is 0 Å². The van der Waals surface area contributed by atoms with Gasteiger partial charge in [0.1, 0.15) is 15.8 Å². The second kappa shape index (κ2) is 6.44. The summed E-state index contributed by atoms with van der Waals surface area (Å²) < 4.78 is 20.9. The second-order valence-electron chi connectivity index (χ2n) is 3.81. The van der Waals surface area contributed by atoms with Crippen LogP contribution in [0.25, 0.3) is 0 Å². The molecule has 0 bridgehead atoms. The number of para-hydroxylation sites is 1. The molecule has 0 aliphatic carbocycles. The van der Waals surface area contributed by atoms with Gasteiger partial charge in [0.15, 0.2) is 11.5 Å². The fourth-order valence-corrected chi connectivity index (χ4v) is 2.55. The number of hydrogen-bond donors (Lipinski definition) is 2. The Labute approximate surface area is 135 Å². The first-order valence-corrected chi connectivity index (χ1v) is 8.10. The van der Waals surface area contributed by atoms with Gasteiger partial charge in [-0.2, -0.15) is 0 Å². The number of phosphoric acid groups is 1. The first-order chi connectivity index (χ1) is 9.78. The summed E-state index contributed by atoms with van der Waals surface area (Å²) in [6.45, 7) is 0. The van der Waals surface area contributed by atoms with Crippen molar-refractivity contribution in [1.29, 1.82) is 0 Å². The summed E-state index contributed by atoms with van der Waals surface area (Å²) in [7, 11) is -4.79. The highest BCUT2D eigenvalue weighted by atomic mass is 35.5. The Kier molecular flexibility index (Phi) is 5.04. The lowest BCUT2D eigenvalue weighted by atomic mass is 10.3. The fourth-order valence-electron chi connectivity index (χ4n) is 1.45. The lowest BCUT2D eigenvalue weighted by Crippen LogP contribution is -1.94. The molecule has 0 aromatic heterocycles. The maximum absolute atomic E-state index is 10.9. The quantitative estimate of drug-likeness (QED) is 0.591. The zero-order valence-electron chi connectivity index (χ0n) is 10.2. The Morgan fingerprint density at radius 3 is 2.19 bits per heavy atom. The molecule has 2 aromatic rings. The highest BCUT2D eigenvalue weighted by molar-refractivity contribution is 7.46. The molecule has 0 spiro atoms. The van der Waals surface area contributed by atoms with E-state index >= 15 is 0 Å². The fraction of sp³-hybridized carbons (Fsp3) is 0. The maximum atomic E-state index is 10.9. The van der Waals surface area contributed by atoms with Gasteiger partial charge in [0.2, 0.25) is 0 Å². The van der Waals surface area contributed by atoms with Gasteiger partial charge in [-0.15, -0.1) is 0 Å². The molecule has 5 nitrogen and oxygen atoms in total. The van der Waals surface area contributed by atoms with Gasteiger partial charge in [-0.1, -0.05) is 53.0 Å². The smallest absolute Gasteiger partial charge is 0.454 e. The van der Waals surface area contributed by atoms with E-state index < -0.39 is 7.82 Å². The Morgan fingerprint density at radius 2 is 1.62 bits per heavy atom. The summed E-state index contributed by atoms with van der Waals surface area (Å²) in [5, 5.41) is -0.212. The number of phosphoric ester groups is 1. The molecule has 0 unspecified atom stereocenters. The van der Waals surface area contributed by atoms with E-state index in [0.29, 0.717) is 5.75 Å². The van der Waals surface area contributed by atoms with Gasteiger partial charge in [0.25, 0.3) is 0 Å². The molecule has 112 valence electrons. The largest absolute Gasteiger partial charge is 0.524 e. The Morgan fingerprint density at radius 1 is 1.00 bits per heavy atom. The Hall–Kier alpha value is -0.940. The molecule has 2 rings (SSSR count). The molecule has 0 heterocycles. The zero-order chi connectivity index (χ0) is 15.6. The molecule has 0 amide bonds. The van der Waals surface area contributed by atoms with Crippen molar-refractivity contribution in [2.45, 2.75) is 0 Å². The third-order valence-corrected chi connectivity index (χ3v) is 3.83. The van der Waals surface area contributed by atoms with Crippen LogP contribution in [0.5, 0.6) is 17.2 Å². The van der Waals surface area contributed by atoms with Gasteiger partial charge in [-0.25, -0.2) is 4.57 Å². The monoisotopic (exact) mass is 368 g/mol. The molecular weight excluding hydrogens is 361 g/mol. The summed E-state index contributed by atoms with van der Waals surface area (Å²) in [6, 6.07) is 9.65. The summed E-state index contributed by atoms with van der Waals surface area (Å²) in [5.41, 5.74) is 0. The van der Waals surface area contributed by atoms with Gasteiger partial charge in [0, 0.05) is 6.07 Å².